The Hall–Kier alpha value is -3.08. The van der Waals surface area contributed by atoms with Gasteiger partial charge in [0.15, 0.2) is 0 Å². The summed E-state index contributed by atoms with van der Waals surface area (Å²) in [6.07, 6.45) is 1.76. The van der Waals surface area contributed by atoms with E-state index >= 15 is 0 Å². The normalized spacial score (nSPS) is 10.2. The summed E-state index contributed by atoms with van der Waals surface area (Å²) in [5, 5.41) is 3.32. The van der Waals surface area contributed by atoms with Crippen LogP contribution in [0.4, 0.5) is 17.5 Å². The van der Waals surface area contributed by atoms with Gasteiger partial charge in [0, 0.05) is 31.0 Å². The van der Waals surface area contributed by atoms with Gasteiger partial charge in [0.2, 0.25) is 5.95 Å². The van der Waals surface area contributed by atoms with E-state index < -0.39 is 0 Å². The quantitative estimate of drug-likeness (QED) is 0.747. The standard InChI is InChI=1S/C19H20N4O/c1-23(16-9-4-3-5-10-16)19-20-13-12-18(22-19)21-14-15-8-6-7-11-17(15)24-2/h3-13H,14H2,1-2H3,(H,20,21,22). The zero-order chi connectivity index (χ0) is 16.8. The van der Waals surface area contributed by atoms with Crippen LogP contribution >= 0.6 is 0 Å². The third-order valence-corrected chi connectivity index (χ3v) is 3.74. The van der Waals surface area contributed by atoms with Gasteiger partial charge in [-0.05, 0) is 24.3 Å². The van der Waals surface area contributed by atoms with Crippen molar-refractivity contribution in [2.75, 3.05) is 24.4 Å². The minimum atomic E-state index is 0.634. The van der Waals surface area contributed by atoms with Crippen LogP contribution in [0.5, 0.6) is 5.75 Å². The molecule has 1 aromatic heterocycles. The third kappa shape index (κ3) is 3.63. The lowest BCUT2D eigenvalue weighted by Crippen LogP contribution is -2.14. The molecule has 0 aliphatic heterocycles. The van der Waals surface area contributed by atoms with Gasteiger partial charge >= 0.3 is 0 Å². The van der Waals surface area contributed by atoms with Crippen LogP contribution in [0.3, 0.4) is 0 Å². The molecule has 24 heavy (non-hydrogen) atoms. The number of ether oxygens (including phenoxy) is 1. The Bertz CT molecular complexity index is 792. The fraction of sp³-hybridized carbons (Fsp3) is 0.158. The van der Waals surface area contributed by atoms with Crippen molar-refractivity contribution < 1.29 is 4.74 Å². The summed E-state index contributed by atoms with van der Waals surface area (Å²) >= 11 is 0. The lowest BCUT2D eigenvalue weighted by Gasteiger charge is -2.17. The van der Waals surface area contributed by atoms with Crippen molar-refractivity contribution in [3.05, 3.63) is 72.4 Å². The molecule has 0 saturated heterocycles. The zero-order valence-electron chi connectivity index (χ0n) is 13.8. The van der Waals surface area contributed by atoms with E-state index in [1.807, 2.05) is 72.6 Å². The predicted molar refractivity (Wildman–Crippen MR) is 96.9 cm³/mol. The second-order valence-corrected chi connectivity index (χ2v) is 5.30. The maximum absolute atomic E-state index is 5.37. The molecule has 2 aromatic carbocycles. The van der Waals surface area contributed by atoms with Crippen LogP contribution in [0.15, 0.2) is 66.9 Å². The minimum Gasteiger partial charge on any atom is -0.496 e. The molecular formula is C19H20N4O. The van der Waals surface area contributed by atoms with E-state index in [-0.39, 0.29) is 0 Å². The highest BCUT2D eigenvalue weighted by atomic mass is 16.5. The van der Waals surface area contributed by atoms with Crippen LogP contribution in [0.2, 0.25) is 0 Å². The Kier molecular flexibility index (Phi) is 4.91. The fourth-order valence-corrected chi connectivity index (χ4v) is 2.41. The van der Waals surface area contributed by atoms with Crippen LogP contribution in [0.1, 0.15) is 5.56 Å². The average molecular weight is 320 g/mol. The molecule has 0 fully saturated rings. The van der Waals surface area contributed by atoms with Crippen LogP contribution in [-0.4, -0.2) is 24.1 Å². The maximum Gasteiger partial charge on any atom is 0.231 e. The van der Waals surface area contributed by atoms with Gasteiger partial charge < -0.3 is 15.0 Å². The molecule has 0 amide bonds. The second-order valence-electron chi connectivity index (χ2n) is 5.30. The van der Waals surface area contributed by atoms with Gasteiger partial charge in [0.1, 0.15) is 11.6 Å². The summed E-state index contributed by atoms with van der Waals surface area (Å²) in [7, 11) is 3.63. The molecule has 0 unspecified atom stereocenters. The first kappa shape index (κ1) is 15.8. The molecule has 0 bridgehead atoms. The largest absolute Gasteiger partial charge is 0.496 e. The van der Waals surface area contributed by atoms with E-state index in [0.29, 0.717) is 12.5 Å². The average Bonchev–Trinajstić information content (AvgIpc) is 2.67. The zero-order valence-corrected chi connectivity index (χ0v) is 13.8. The van der Waals surface area contributed by atoms with Gasteiger partial charge in [0.05, 0.1) is 7.11 Å². The van der Waals surface area contributed by atoms with Crippen LogP contribution in [-0.2, 0) is 6.54 Å². The molecule has 0 saturated carbocycles. The van der Waals surface area contributed by atoms with E-state index in [2.05, 4.69) is 15.3 Å². The third-order valence-electron chi connectivity index (χ3n) is 3.74. The molecule has 1 N–H and O–H groups in total. The number of hydrogen-bond donors (Lipinski definition) is 1. The van der Waals surface area contributed by atoms with Crippen molar-refractivity contribution in [1.82, 2.24) is 9.97 Å². The molecule has 3 aromatic rings. The fourth-order valence-electron chi connectivity index (χ4n) is 2.41. The number of anilines is 3. The van der Waals surface area contributed by atoms with Crippen LogP contribution < -0.4 is 15.0 Å². The van der Waals surface area contributed by atoms with Gasteiger partial charge in [-0.2, -0.15) is 4.98 Å². The Labute approximate surface area is 142 Å². The molecule has 5 nitrogen and oxygen atoms in total. The molecule has 5 heteroatoms. The SMILES string of the molecule is COc1ccccc1CNc1ccnc(N(C)c2ccccc2)n1. The molecule has 122 valence electrons. The number of nitrogens with zero attached hydrogens (tertiary/aromatic N) is 3. The lowest BCUT2D eigenvalue weighted by molar-refractivity contribution is 0.410. The summed E-state index contributed by atoms with van der Waals surface area (Å²) in [6, 6.07) is 19.8. The Morgan fingerprint density at radius 2 is 1.75 bits per heavy atom. The highest BCUT2D eigenvalue weighted by Gasteiger charge is 2.08. The molecule has 1 heterocycles. The first-order chi connectivity index (χ1) is 11.8. The van der Waals surface area contributed by atoms with Crippen molar-refractivity contribution >= 4 is 17.5 Å². The predicted octanol–water partition coefficient (Wildman–Crippen LogP) is 3.87. The Balaban J connectivity index is 1.74. The van der Waals surface area contributed by atoms with Crippen LogP contribution in [0.25, 0.3) is 0 Å². The number of aromatic nitrogens is 2. The molecule has 0 spiro atoms. The number of benzene rings is 2. The van der Waals surface area contributed by atoms with E-state index in [4.69, 9.17) is 4.74 Å². The van der Waals surface area contributed by atoms with Crippen molar-refractivity contribution in [3.8, 4) is 5.75 Å². The summed E-state index contributed by atoms with van der Waals surface area (Å²) in [4.78, 5) is 10.9. The lowest BCUT2D eigenvalue weighted by atomic mass is 10.2. The summed E-state index contributed by atoms with van der Waals surface area (Å²) in [5.41, 5.74) is 2.12. The van der Waals surface area contributed by atoms with Gasteiger partial charge in [-0.25, -0.2) is 4.98 Å². The molecule has 0 aliphatic carbocycles. The minimum absolute atomic E-state index is 0.634. The number of para-hydroxylation sites is 2. The monoisotopic (exact) mass is 320 g/mol. The van der Waals surface area contributed by atoms with Crippen LogP contribution in [0, 0.1) is 0 Å². The Morgan fingerprint density at radius 3 is 2.54 bits per heavy atom. The summed E-state index contributed by atoms with van der Waals surface area (Å²) in [6.45, 7) is 0.634. The number of rotatable bonds is 6. The molecule has 0 aliphatic rings. The first-order valence-electron chi connectivity index (χ1n) is 7.75. The smallest absolute Gasteiger partial charge is 0.231 e. The first-order valence-corrected chi connectivity index (χ1v) is 7.75. The molecule has 3 rings (SSSR count). The van der Waals surface area contributed by atoms with Crippen molar-refractivity contribution in [2.45, 2.75) is 6.54 Å². The van der Waals surface area contributed by atoms with Crippen molar-refractivity contribution in [1.29, 1.82) is 0 Å². The summed E-state index contributed by atoms with van der Waals surface area (Å²) < 4.78 is 5.37. The van der Waals surface area contributed by atoms with E-state index in [1.165, 1.54) is 0 Å². The molecular weight excluding hydrogens is 300 g/mol. The second kappa shape index (κ2) is 7.46. The van der Waals surface area contributed by atoms with E-state index in [0.717, 1.165) is 22.8 Å². The number of nitrogens with one attached hydrogen (secondary N) is 1. The highest BCUT2D eigenvalue weighted by Crippen LogP contribution is 2.21. The van der Waals surface area contributed by atoms with Gasteiger partial charge in [-0.3, -0.25) is 0 Å². The van der Waals surface area contributed by atoms with Gasteiger partial charge in [-0.15, -0.1) is 0 Å². The molecule has 0 atom stereocenters. The topological polar surface area (TPSA) is 50.3 Å². The van der Waals surface area contributed by atoms with Crippen molar-refractivity contribution in [2.24, 2.45) is 0 Å². The van der Waals surface area contributed by atoms with Gasteiger partial charge in [0.25, 0.3) is 0 Å². The van der Waals surface area contributed by atoms with E-state index in [9.17, 15) is 0 Å². The Morgan fingerprint density at radius 1 is 1.00 bits per heavy atom. The van der Waals surface area contributed by atoms with Gasteiger partial charge in [-0.1, -0.05) is 36.4 Å². The maximum atomic E-state index is 5.37. The van der Waals surface area contributed by atoms with Crippen molar-refractivity contribution in [3.63, 3.8) is 0 Å². The highest BCUT2D eigenvalue weighted by molar-refractivity contribution is 5.57. The number of methoxy groups -OCH3 is 1. The number of hydrogen-bond acceptors (Lipinski definition) is 5. The van der Waals surface area contributed by atoms with E-state index in [1.54, 1.807) is 13.3 Å². The summed E-state index contributed by atoms with van der Waals surface area (Å²) in [5.74, 6) is 2.28. The molecule has 0 radical (unpaired) electrons.